The number of aromatic nitrogens is 1. The highest BCUT2D eigenvalue weighted by atomic mass is 19.1. The summed E-state index contributed by atoms with van der Waals surface area (Å²) in [4.78, 5) is 2.70. The molecule has 0 aliphatic rings. The maximum Gasteiger partial charge on any atom is 0.135 e. The molecule has 0 spiro atoms. The highest BCUT2D eigenvalue weighted by Crippen LogP contribution is 2.20. The Kier molecular flexibility index (Phi) is 1.77. The smallest absolute Gasteiger partial charge is 0.135 e. The van der Waals surface area contributed by atoms with Crippen LogP contribution >= 0.6 is 0 Å². The van der Waals surface area contributed by atoms with E-state index in [1.807, 2.05) is 0 Å². The second kappa shape index (κ2) is 2.81. The fraction of sp³-hybridized carbons (Fsp3) is 0.111. The Hall–Kier alpha value is -1.42. The molecule has 1 aromatic carbocycles. The SMILES string of the molecule is OCc1cc2c(F)cc(F)cc2[nH]1. The van der Waals surface area contributed by atoms with Gasteiger partial charge in [0.05, 0.1) is 12.1 Å². The van der Waals surface area contributed by atoms with Gasteiger partial charge < -0.3 is 10.1 Å². The summed E-state index contributed by atoms with van der Waals surface area (Å²) >= 11 is 0. The Labute approximate surface area is 72.8 Å². The molecule has 4 heteroatoms. The van der Waals surface area contributed by atoms with Crippen molar-refractivity contribution in [3.05, 3.63) is 35.5 Å². The number of aliphatic hydroxyl groups is 1. The van der Waals surface area contributed by atoms with Gasteiger partial charge in [-0.2, -0.15) is 0 Å². The lowest BCUT2D eigenvalue weighted by Gasteiger charge is -1.91. The zero-order valence-corrected chi connectivity index (χ0v) is 6.64. The average Bonchev–Trinajstić information content (AvgIpc) is 2.47. The molecule has 0 fully saturated rings. The molecule has 1 heterocycles. The molecule has 2 rings (SSSR count). The Bertz CT molecular complexity index is 450. The third-order valence-corrected chi connectivity index (χ3v) is 1.88. The van der Waals surface area contributed by atoms with Crippen LogP contribution in [-0.2, 0) is 6.61 Å². The van der Waals surface area contributed by atoms with Gasteiger partial charge in [-0.15, -0.1) is 0 Å². The second-order valence-electron chi connectivity index (χ2n) is 2.80. The van der Waals surface area contributed by atoms with Crippen LogP contribution in [-0.4, -0.2) is 10.1 Å². The van der Waals surface area contributed by atoms with Crippen LogP contribution in [0.3, 0.4) is 0 Å². The number of H-pyrrole nitrogens is 1. The van der Waals surface area contributed by atoms with E-state index in [9.17, 15) is 8.78 Å². The van der Waals surface area contributed by atoms with Gasteiger partial charge in [-0.25, -0.2) is 8.78 Å². The normalized spacial score (nSPS) is 11.0. The molecule has 0 bridgehead atoms. The number of hydrogen-bond donors (Lipinski definition) is 2. The lowest BCUT2D eigenvalue weighted by molar-refractivity contribution is 0.278. The van der Waals surface area contributed by atoms with E-state index in [0.29, 0.717) is 16.6 Å². The summed E-state index contributed by atoms with van der Waals surface area (Å²) in [5.74, 6) is -1.25. The number of aromatic amines is 1. The lowest BCUT2D eigenvalue weighted by atomic mass is 10.2. The summed E-state index contributed by atoms with van der Waals surface area (Å²) in [7, 11) is 0. The molecule has 0 aliphatic heterocycles. The van der Waals surface area contributed by atoms with Crippen molar-refractivity contribution in [2.75, 3.05) is 0 Å². The van der Waals surface area contributed by atoms with Gasteiger partial charge in [0, 0.05) is 17.1 Å². The van der Waals surface area contributed by atoms with Crippen LogP contribution in [0.25, 0.3) is 10.9 Å². The Morgan fingerprint density at radius 2 is 2.00 bits per heavy atom. The maximum absolute atomic E-state index is 13.1. The number of rotatable bonds is 1. The summed E-state index contributed by atoms with van der Waals surface area (Å²) in [6, 6.07) is 3.47. The molecule has 0 saturated heterocycles. The van der Waals surface area contributed by atoms with E-state index in [2.05, 4.69) is 4.98 Å². The zero-order chi connectivity index (χ0) is 9.42. The van der Waals surface area contributed by atoms with Gasteiger partial charge in [0.1, 0.15) is 11.6 Å². The van der Waals surface area contributed by atoms with Gasteiger partial charge in [-0.1, -0.05) is 0 Å². The van der Waals surface area contributed by atoms with E-state index in [1.165, 1.54) is 12.1 Å². The summed E-state index contributed by atoms with van der Waals surface area (Å²) in [6.07, 6.45) is 0. The third kappa shape index (κ3) is 1.29. The summed E-state index contributed by atoms with van der Waals surface area (Å²) in [6.45, 7) is -0.213. The van der Waals surface area contributed by atoms with Crippen molar-refractivity contribution in [3.8, 4) is 0 Å². The first-order valence-electron chi connectivity index (χ1n) is 3.78. The van der Waals surface area contributed by atoms with E-state index in [0.717, 1.165) is 6.07 Å². The predicted molar refractivity (Wildman–Crippen MR) is 44.1 cm³/mol. The standard InChI is InChI=1S/C9H7F2NO/c10-5-1-8(11)7-3-6(4-13)12-9(7)2-5/h1-3,12-13H,4H2. The molecule has 0 amide bonds. The summed E-state index contributed by atoms with van der Waals surface area (Å²) in [5, 5.41) is 9.05. The quantitative estimate of drug-likeness (QED) is 0.696. The third-order valence-electron chi connectivity index (χ3n) is 1.88. The van der Waals surface area contributed by atoms with Crippen molar-refractivity contribution < 1.29 is 13.9 Å². The van der Waals surface area contributed by atoms with Crippen LogP contribution in [0, 0.1) is 11.6 Å². The van der Waals surface area contributed by atoms with Crippen LogP contribution < -0.4 is 0 Å². The first-order chi connectivity index (χ1) is 6.20. The van der Waals surface area contributed by atoms with Gasteiger partial charge in [0.2, 0.25) is 0 Å². The van der Waals surface area contributed by atoms with Crippen LogP contribution in [0.4, 0.5) is 8.78 Å². The second-order valence-corrected chi connectivity index (χ2v) is 2.80. The monoisotopic (exact) mass is 183 g/mol. The van der Waals surface area contributed by atoms with Crippen LogP contribution in [0.5, 0.6) is 0 Å². The lowest BCUT2D eigenvalue weighted by Crippen LogP contribution is -1.80. The number of aliphatic hydroxyl groups excluding tert-OH is 1. The Morgan fingerprint density at radius 1 is 1.23 bits per heavy atom. The molecule has 1 aromatic heterocycles. The van der Waals surface area contributed by atoms with E-state index < -0.39 is 11.6 Å². The van der Waals surface area contributed by atoms with Crippen LogP contribution in [0.2, 0.25) is 0 Å². The zero-order valence-electron chi connectivity index (χ0n) is 6.64. The molecule has 0 aliphatic carbocycles. The van der Waals surface area contributed by atoms with Crippen LogP contribution in [0.15, 0.2) is 18.2 Å². The minimum Gasteiger partial charge on any atom is -0.390 e. The molecular weight excluding hydrogens is 176 g/mol. The van der Waals surface area contributed by atoms with Crippen molar-refractivity contribution in [3.63, 3.8) is 0 Å². The van der Waals surface area contributed by atoms with Gasteiger partial charge in [0.25, 0.3) is 0 Å². The highest BCUT2D eigenvalue weighted by Gasteiger charge is 2.06. The number of benzene rings is 1. The number of halogens is 2. The topological polar surface area (TPSA) is 36.0 Å². The van der Waals surface area contributed by atoms with Crippen molar-refractivity contribution in [1.29, 1.82) is 0 Å². The molecule has 0 atom stereocenters. The molecular formula is C9H7F2NO. The average molecular weight is 183 g/mol. The van der Waals surface area contributed by atoms with Crippen LogP contribution in [0.1, 0.15) is 5.69 Å². The van der Waals surface area contributed by atoms with Crippen molar-refractivity contribution >= 4 is 10.9 Å². The van der Waals surface area contributed by atoms with E-state index >= 15 is 0 Å². The van der Waals surface area contributed by atoms with Crippen molar-refractivity contribution in [2.45, 2.75) is 6.61 Å². The minimum atomic E-state index is -0.628. The van der Waals surface area contributed by atoms with Gasteiger partial charge >= 0.3 is 0 Å². The molecule has 2 N–H and O–H groups in total. The molecule has 0 unspecified atom stereocenters. The summed E-state index contributed by atoms with van der Waals surface area (Å²) in [5.41, 5.74) is 0.834. The fourth-order valence-electron chi connectivity index (χ4n) is 1.30. The Balaban J connectivity index is 2.75. The number of nitrogens with one attached hydrogen (secondary N) is 1. The number of fused-ring (bicyclic) bond motifs is 1. The molecule has 0 radical (unpaired) electrons. The van der Waals surface area contributed by atoms with E-state index in [4.69, 9.17) is 5.11 Å². The maximum atomic E-state index is 13.1. The minimum absolute atomic E-state index is 0.213. The van der Waals surface area contributed by atoms with Crippen molar-refractivity contribution in [2.24, 2.45) is 0 Å². The molecule has 0 saturated carbocycles. The number of hydrogen-bond acceptors (Lipinski definition) is 1. The fourth-order valence-corrected chi connectivity index (χ4v) is 1.30. The summed E-state index contributed by atoms with van der Waals surface area (Å²) < 4.78 is 25.7. The van der Waals surface area contributed by atoms with Gasteiger partial charge in [-0.05, 0) is 12.1 Å². The van der Waals surface area contributed by atoms with Gasteiger partial charge in [0.15, 0.2) is 0 Å². The molecule has 2 nitrogen and oxygen atoms in total. The van der Waals surface area contributed by atoms with Gasteiger partial charge in [-0.3, -0.25) is 0 Å². The first kappa shape index (κ1) is 8.19. The largest absolute Gasteiger partial charge is 0.390 e. The molecule has 13 heavy (non-hydrogen) atoms. The van der Waals surface area contributed by atoms with E-state index in [-0.39, 0.29) is 6.61 Å². The first-order valence-corrected chi connectivity index (χ1v) is 3.78. The van der Waals surface area contributed by atoms with E-state index in [1.54, 1.807) is 0 Å². The Morgan fingerprint density at radius 3 is 2.69 bits per heavy atom. The predicted octanol–water partition coefficient (Wildman–Crippen LogP) is 1.94. The van der Waals surface area contributed by atoms with Crippen molar-refractivity contribution in [1.82, 2.24) is 4.98 Å². The highest BCUT2D eigenvalue weighted by molar-refractivity contribution is 5.81. The molecule has 2 aromatic rings. The molecule has 68 valence electrons.